The van der Waals surface area contributed by atoms with Gasteiger partial charge in [0.2, 0.25) is 0 Å². The van der Waals surface area contributed by atoms with E-state index >= 15 is 0 Å². The van der Waals surface area contributed by atoms with Gasteiger partial charge in [-0.3, -0.25) is 4.79 Å². The molecular formula is C14H15N3OS2. The zero-order chi connectivity index (χ0) is 14.7. The molecule has 2 aromatic rings. The number of carbonyl (C=O) groups excluding carboxylic acids is 1. The number of para-hydroxylation sites is 1. The van der Waals surface area contributed by atoms with E-state index in [2.05, 4.69) is 11.9 Å². The van der Waals surface area contributed by atoms with Gasteiger partial charge in [-0.15, -0.1) is 6.58 Å². The number of thiazole rings is 1. The molecule has 0 saturated carbocycles. The Hall–Kier alpha value is -1.92. The highest BCUT2D eigenvalue weighted by Crippen LogP contribution is 2.24. The first-order chi connectivity index (χ1) is 9.54. The fourth-order valence-corrected chi connectivity index (χ4v) is 3.01. The molecule has 0 saturated heterocycles. The number of nitrogens with two attached hydrogens (primary N) is 1. The number of nitrogen functional groups attached to an aromatic ring is 1. The van der Waals surface area contributed by atoms with E-state index in [1.165, 1.54) is 11.3 Å². The minimum Gasteiger partial charge on any atom is -0.384 e. The van der Waals surface area contributed by atoms with Crippen molar-refractivity contribution in [3.05, 3.63) is 51.3 Å². The first kappa shape index (κ1) is 14.5. The van der Waals surface area contributed by atoms with Gasteiger partial charge in [-0.25, -0.2) is 0 Å². The van der Waals surface area contributed by atoms with E-state index in [0.29, 0.717) is 21.2 Å². The van der Waals surface area contributed by atoms with Crippen LogP contribution in [-0.4, -0.2) is 10.5 Å². The molecule has 0 aliphatic rings. The van der Waals surface area contributed by atoms with E-state index in [0.717, 1.165) is 11.3 Å². The molecule has 1 aromatic heterocycles. The molecule has 0 atom stereocenters. The second-order valence-corrected chi connectivity index (χ2v) is 5.89. The number of nitrogens with one attached hydrogen (secondary N) is 1. The molecule has 6 heteroatoms. The van der Waals surface area contributed by atoms with E-state index < -0.39 is 0 Å². The lowest BCUT2D eigenvalue weighted by Gasteiger charge is -2.07. The van der Waals surface area contributed by atoms with Gasteiger partial charge in [0.05, 0.1) is 0 Å². The number of aromatic nitrogens is 1. The van der Waals surface area contributed by atoms with E-state index in [-0.39, 0.29) is 5.91 Å². The number of benzene rings is 1. The summed E-state index contributed by atoms with van der Waals surface area (Å²) in [6, 6.07) is 7.58. The van der Waals surface area contributed by atoms with Crippen molar-refractivity contribution in [2.45, 2.75) is 13.5 Å². The van der Waals surface area contributed by atoms with Crippen molar-refractivity contribution in [1.82, 2.24) is 4.57 Å². The summed E-state index contributed by atoms with van der Waals surface area (Å²) in [6.07, 6.45) is 1.70. The van der Waals surface area contributed by atoms with Crippen LogP contribution in [0.5, 0.6) is 0 Å². The quantitative estimate of drug-likeness (QED) is 0.670. The summed E-state index contributed by atoms with van der Waals surface area (Å²) in [5.41, 5.74) is 7.74. The molecule has 0 spiro atoms. The molecule has 0 unspecified atom stereocenters. The lowest BCUT2D eigenvalue weighted by molar-refractivity contribution is 0.103. The number of hydrogen-bond donors (Lipinski definition) is 2. The standard InChI is InChI=1S/C14H15N3OS2/c1-3-8-17-12(15)11(20-14(17)19)13(18)16-10-7-5-4-6-9(10)2/h3-7H,1,8,15H2,2H3,(H,16,18). The highest BCUT2D eigenvalue weighted by Gasteiger charge is 2.17. The van der Waals surface area contributed by atoms with E-state index in [1.54, 1.807) is 10.6 Å². The minimum absolute atomic E-state index is 0.240. The van der Waals surface area contributed by atoms with Crippen LogP contribution in [0, 0.1) is 10.9 Å². The van der Waals surface area contributed by atoms with E-state index in [1.807, 2.05) is 31.2 Å². The average Bonchev–Trinajstić information content (AvgIpc) is 2.70. The highest BCUT2D eigenvalue weighted by molar-refractivity contribution is 7.73. The molecule has 1 amide bonds. The van der Waals surface area contributed by atoms with Gasteiger partial charge in [0.25, 0.3) is 5.91 Å². The van der Waals surface area contributed by atoms with Crippen molar-refractivity contribution in [1.29, 1.82) is 0 Å². The minimum atomic E-state index is -0.240. The zero-order valence-electron chi connectivity index (χ0n) is 11.1. The Morgan fingerprint density at radius 2 is 2.25 bits per heavy atom. The van der Waals surface area contributed by atoms with Crippen molar-refractivity contribution in [2.24, 2.45) is 0 Å². The van der Waals surface area contributed by atoms with Gasteiger partial charge < -0.3 is 15.6 Å². The van der Waals surface area contributed by atoms with Gasteiger partial charge in [0, 0.05) is 12.2 Å². The van der Waals surface area contributed by atoms with Crippen LogP contribution in [0.1, 0.15) is 15.2 Å². The second kappa shape index (κ2) is 6.02. The fraction of sp³-hybridized carbons (Fsp3) is 0.143. The summed E-state index contributed by atoms with van der Waals surface area (Å²) in [7, 11) is 0. The maximum atomic E-state index is 12.3. The van der Waals surface area contributed by atoms with Gasteiger partial charge in [-0.1, -0.05) is 35.6 Å². The Morgan fingerprint density at radius 3 is 2.90 bits per heavy atom. The molecule has 20 heavy (non-hydrogen) atoms. The first-order valence-electron chi connectivity index (χ1n) is 6.01. The number of amides is 1. The van der Waals surface area contributed by atoms with Crippen LogP contribution in [-0.2, 0) is 6.54 Å². The van der Waals surface area contributed by atoms with Gasteiger partial charge in [-0.2, -0.15) is 0 Å². The number of rotatable bonds is 4. The summed E-state index contributed by atoms with van der Waals surface area (Å²) in [6.45, 7) is 6.09. The SMILES string of the molecule is C=CCn1c(N)c(C(=O)Nc2ccccc2C)sc1=S. The second-order valence-electron chi connectivity index (χ2n) is 4.25. The summed E-state index contributed by atoms with van der Waals surface area (Å²) >= 11 is 6.42. The third kappa shape index (κ3) is 2.81. The predicted octanol–water partition coefficient (Wildman–Crippen LogP) is 3.61. The number of hydrogen-bond acceptors (Lipinski definition) is 4. The molecule has 1 heterocycles. The van der Waals surface area contributed by atoms with Crippen LogP contribution in [0.4, 0.5) is 11.5 Å². The number of aryl methyl sites for hydroxylation is 1. The Morgan fingerprint density at radius 1 is 1.55 bits per heavy atom. The molecule has 0 radical (unpaired) electrons. The smallest absolute Gasteiger partial charge is 0.269 e. The molecule has 4 nitrogen and oxygen atoms in total. The van der Waals surface area contributed by atoms with Crippen LogP contribution in [0.3, 0.4) is 0 Å². The van der Waals surface area contributed by atoms with Crippen LogP contribution in [0.15, 0.2) is 36.9 Å². The first-order valence-corrected chi connectivity index (χ1v) is 7.24. The van der Waals surface area contributed by atoms with Gasteiger partial charge >= 0.3 is 0 Å². The Balaban J connectivity index is 2.31. The van der Waals surface area contributed by atoms with Gasteiger partial charge in [-0.05, 0) is 30.8 Å². The third-order valence-corrected chi connectivity index (χ3v) is 4.31. The number of allylic oxidation sites excluding steroid dienone is 1. The molecule has 1 aromatic carbocycles. The van der Waals surface area contributed by atoms with Crippen molar-refractivity contribution < 1.29 is 4.79 Å². The Bertz CT molecular complexity index is 715. The normalized spacial score (nSPS) is 10.2. The summed E-state index contributed by atoms with van der Waals surface area (Å²) in [4.78, 5) is 12.7. The van der Waals surface area contributed by atoms with Crippen LogP contribution < -0.4 is 11.1 Å². The number of carbonyl (C=O) groups is 1. The Labute approximate surface area is 126 Å². The van der Waals surface area contributed by atoms with Gasteiger partial charge in [0.15, 0.2) is 3.95 Å². The molecule has 0 aliphatic carbocycles. The van der Waals surface area contributed by atoms with Crippen LogP contribution >= 0.6 is 23.6 Å². The molecule has 104 valence electrons. The van der Waals surface area contributed by atoms with Crippen molar-refractivity contribution >= 4 is 41.0 Å². The van der Waals surface area contributed by atoms with Crippen molar-refractivity contribution in [2.75, 3.05) is 11.1 Å². The highest BCUT2D eigenvalue weighted by atomic mass is 32.1. The van der Waals surface area contributed by atoms with Crippen molar-refractivity contribution in [3.63, 3.8) is 0 Å². The number of nitrogens with zero attached hydrogens (tertiary/aromatic N) is 1. The molecule has 0 bridgehead atoms. The van der Waals surface area contributed by atoms with Crippen LogP contribution in [0.25, 0.3) is 0 Å². The summed E-state index contributed by atoms with van der Waals surface area (Å²) in [5, 5.41) is 2.86. The molecule has 3 N–H and O–H groups in total. The Kier molecular flexibility index (Phi) is 4.36. The maximum Gasteiger partial charge on any atom is 0.269 e. The fourth-order valence-electron chi connectivity index (χ4n) is 1.77. The zero-order valence-corrected chi connectivity index (χ0v) is 12.7. The summed E-state index contributed by atoms with van der Waals surface area (Å²) in [5.74, 6) is 0.140. The van der Waals surface area contributed by atoms with E-state index in [9.17, 15) is 4.79 Å². The van der Waals surface area contributed by atoms with Crippen LogP contribution in [0.2, 0.25) is 0 Å². The monoisotopic (exact) mass is 305 g/mol. The van der Waals surface area contributed by atoms with Crippen molar-refractivity contribution in [3.8, 4) is 0 Å². The number of anilines is 2. The molecular weight excluding hydrogens is 290 g/mol. The average molecular weight is 305 g/mol. The molecule has 0 aliphatic heterocycles. The lowest BCUT2D eigenvalue weighted by atomic mass is 10.2. The lowest BCUT2D eigenvalue weighted by Crippen LogP contribution is -2.14. The topological polar surface area (TPSA) is 60.0 Å². The van der Waals surface area contributed by atoms with E-state index in [4.69, 9.17) is 18.0 Å². The predicted molar refractivity (Wildman–Crippen MR) is 86.9 cm³/mol. The van der Waals surface area contributed by atoms with Gasteiger partial charge in [0.1, 0.15) is 10.7 Å². The third-order valence-electron chi connectivity index (χ3n) is 2.84. The summed E-state index contributed by atoms with van der Waals surface area (Å²) < 4.78 is 2.26. The molecule has 0 fully saturated rings. The molecule has 2 rings (SSSR count). The maximum absolute atomic E-state index is 12.3. The largest absolute Gasteiger partial charge is 0.384 e.